The summed E-state index contributed by atoms with van der Waals surface area (Å²) >= 11 is 6.17. The summed E-state index contributed by atoms with van der Waals surface area (Å²) in [6.45, 7) is 0.665. The minimum Gasteiger partial charge on any atom is -0.497 e. The third-order valence-electron chi connectivity index (χ3n) is 3.18. The molecule has 0 atom stereocenters. The first kappa shape index (κ1) is 12.8. The lowest BCUT2D eigenvalue weighted by molar-refractivity contribution is 0.415. The Kier molecular flexibility index (Phi) is 3.48. The number of anilines is 1. The molecule has 0 radical (unpaired) electrons. The van der Waals surface area contributed by atoms with E-state index in [1.54, 1.807) is 13.3 Å². The van der Waals surface area contributed by atoms with E-state index in [4.69, 9.17) is 16.3 Å². The van der Waals surface area contributed by atoms with Gasteiger partial charge in [0, 0.05) is 30.4 Å². The van der Waals surface area contributed by atoms with Crippen molar-refractivity contribution < 1.29 is 4.74 Å². The average Bonchev–Trinajstić information content (AvgIpc) is 2.90. The van der Waals surface area contributed by atoms with Crippen molar-refractivity contribution in [2.75, 3.05) is 12.4 Å². The number of rotatable bonds is 4. The number of pyridine rings is 1. The number of nitrogens with one attached hydrogen (secondary N) is 2. The average molecular weight is 288 g/mol. The van der Waals surface area contributed by atoms with Crippen LogP contribution < -0.4 is 10.1 Å². The summed E-state index contributed by atoms with van der Waals surface area (Å²) in [5, 5.41) is 5.10. The monoisotopic (exact) mass is 287 g/mol. The molecule has 4 nitrogen and oxygen atoms in total. The number of fused-ring (bicyclic) bond motifs is 1. The van der Waals surface area contributed by atoms with Crippen LogP contribution in [0.25, 0.3) is 11.0 Å². The fraction of sp³-hybridized carbons (Fsp3) is 0.133. The highest BCUT2D eigenvalue weighted by molar-refractivity contribution is 6.33. The third-order valence-corrected chi connectivity index (χ3v) is 3.51. The van der Waals surface area contributed by atoms with Crippen LogP contribution in [0.15, 0.2) is 42.7 Å². The zero-order valence-electron chi connectivity index (χ0n) is 11.0. The highest BCUT2D eigenvalue weighted by atomic mass is 35.5. The molecule has 0 spiro atoms. The molecule has 20 heavy (non-hydrogen) atoms. The lowest BCUT2D eigenvalue weighted by atomic mass is 10.2. The van der Waals surface area contributed by atoms with Gasteiger partial charge in [-0.05, 0) is 29.8 Å². The van der Waals surface area contributed by atoms with Crippen LogP contribution in [0.2, 0.25) is 5.02 Å². The van der Waals surface area contributed by atoms with Gasteiger partial charge in [0.25, 0.3) is 0 Å². The Morgan fingerprint density at radius 1 is 1.35 bits per heavy atom. The van der Waals surface area contributed by atoms with E-state index in [1.165, 1.54) is 0 Å². The van der Waals surface area contributed by atoms with Gasteiger partial charge in [-0.1, -0.05) is 11.6 Å². The normalized spacial score (nSPS) is 10.7. The van der Waals surface area contributed by atoms with Crippen molar-refractivity contribution in [3.05, 3.63) is 53.3 Å². The maximum atomic E-state index is 6.17. The van der Waals surface area contributed by atoms with E-state index >= 15 is 0 Å². The van der Waals surface area contributed by atoms with E-state index in [0.717, 1.165) is 28.0 Å². The van der Waals surface area contributed by atoms with Crippen LogP contribution in [0.3, 0.4) is 0 Å². The van der Waals surface area contributed by atoms with Crippen LogP contribution in [-0.4, -0.2) is 17.1 Å². The van der Waals surface area contributed by atoms with Gasteiger partial charge in [-0.3, -0.25) is 0 Å². The first-order valence-electron chi connectivity index (χ1n) is 6.26. The van der Waals surface area contributed by atoms with Gasteiger partial charge in [0.2, 0.25) is 0 Å². The number of hydrogen-bond donors (Lipinski definition) is 2. The van der Waals surface area contributed by atoms with E-state index in [2.05, 4.69) is 15.3 Å². The summed E-state index contributed by atoms with van der Waals surface area (Å²) in [4.78, 5) is 7.43. The Morgan fingerprint density at radius 3 is 3.10 bits per heavy atom. The largest absolute Gasteiger partial charge is 0.497 e. The van der Waals surface area contributed by atoms with E-state index in [9.17, 15) is 0 Å². The second-order valence-corrected chi connectivity index (χ2v) is 4.82. The summed E-state index contributed by atoms with van der Waals surface area (Å²) < 4.78 is 5.20. The van der Waals surface area contributed by atoms with Crippen LogP contribution in [0, 0.1) is 0 Å². The number of benzene rings is 1. The van der Waals surface area contributed by atoms with Crippen molar-refractivity contribution >= 4 is 28.3 Å². The fourth-order valence-corrected chi connectivity index (χ4v) is 2.30. The topological polar surface area (TPSA) is 49.9 Å². The molecule has 0 fully saturated rings. The van der Waals surface area contributed by atoms with E-state index in [-0.39, 0.29) is 0 Å². The number of H-pyrrole nitrogens is 1. The zero-order valence-corrected chi connectivity index (χ0v) is 11.7. The van der Waals surface area contributed by atoms with E-state index < -0.39 is 0 Å². The number of aromatic nitrogens is 2. The minimum atomic E-state index is 0.665. The molecule has 5 heteroatoms. The number of aromatic amines is 1. The summed E-state index contributed by atoms with van der Waals surface area (Å²) in [6, 6.07) is 9.51. The Balaban J connectivity index is 1.83. The molecule has 2 N–H and O–H groups in total. The predicted octanol–water partition coefficient (Wildman–Crippen LogP) is 3.84. The molecule has 0 bridgehead atoms. The number of halogens is 1. The van der Waals surface area contributed by atoms with Crippen LogP contribution >= 0.6 is 11.6 Å². The second kappa shape index (κ2) is 5.43. The maximum absolute atomic E-state index is 6.17. The summed E-state index contributed by atoms with van der Waals surface area (Å²) in [5.41, 5.74) is 2.89. The van der Waals surface area contributed by atoms with Gasteiger partial charge in [-0.2, -0.15) is 0 Å². The second-order valence-electron chi connectivity index (χ2n) is 4.41. The molecule has 2 heterocycles. The third kappa shape index (κ3) is 2.42. The van der Waals surface area contributed by atoms with Crippen molar-refractivity contribution in [3.63, 3.8) is 0 Å². The van der Waals surface area contributed by atoms with Gasteiger partial charge >= 0.3 is 0 Å². The molecule has 102 valence electrons. The molecule has 0 unspecified atom stereocenters. The summed E-state index contributed by atoms with van der Waals surface area (Å²) in [7, 11) is 1.64. The zero-order chi connectivity index (χ0) is 13.9. The molecule has 0 saturated carbocycles. The molecule has 3 rings (SSSR count). The minimum absolute atomic E-state index is 0.665. The maximum Gasteiger partial charge on any atom is 0.137 e. The van der Waals surface area contributed by atoms with Gasteiger partial charge in [0.15, 0.2) is 0 Å². The van der Waals surface area contributed by atoms with Gasteiger partial charge in [-0.25, -0.2) is 4.98 Å². The van der Waals surface area contributed by atoms with E-state index in [0.29, 0.717) is 11.6 Å². The Morgan fingerprint density at radius 2 is 2.25 bits per heavy atom. The highest BCUT2D eigenvalue weighted by Gasteiger charge is 2.06. The fourth-order valence-electron chi connectivity index (χ4n) is 2.12. The number of hydrogen-bond acceptors (Lipinski definition) is 3. The summed E-state index contributed by atoms with van der Waals surface area (Å²) in [5.74, 6) is 0.775. The molecule has 0 saturated heterocycles. The van der Waals surface area contributed by atoms with Crippen LogP contribution in [0.5, 0.6) is 5.75 Å². The van der Waals surface area contributed by atoms with Crippen molar-refractivity contribution in [3.8, 4) is 5.75 Å². The lowest BCUT2D eigenvalue weighted by Gasteiger charge is -2.09. The highest BCUT2D eigenvalue weighted by Crippen LogP contribution is 2.27. The number of ether oxygens (including phenoxy) is 1. The van der Waals surface area contributed by atoms with Crippen LogP contribution in [-0.2, 0) is 6.54 Å². The lowest BCUT2D eigenvalue weighted by Crippen LogP contribution is -1.99. The Hall–Kier alpha value is -2.20. The standard InChI is InChI=1S/C15H14ClN3O/c1-20-11-4-5-13(16)14(7-11)18-8-10-9-19-15-12(10)3-2-6-17-15/h2-7,9,18H,8H2,1H3,(H,17,19). The van der Waals surface area contributed by atoms with Crippen molar-refractivity contribution in [1.29, 1.82) is 0 Å². The van der Waals surface area contributed by atoms with Crippen molar-refractivity contribution in [1.82, 2.24) is 9.97 Å². The molecule has 3 aromatic rings. The predicted molar refractivity (Wildman–Crippen MR) is 81.4 cm³/mol. The van der Waals surface area contributed by atoms with Crippen molar-refractivity contribution in [2.45, 2.75) is 6.54 Å². The van der Waals surface area contributed by atoms with Crippen molar-refractivity contribution in [2.24, 2.45) is 0 Å². The van der Waals surface area contributed by atoms with Crippen LogP contribution in [0.4, 0.5) is 5.69 Å². The summed E-state index contributed by atoms with van der Waals surface area (Å²) in [6.07, 6.45) is 3.73. The number of methoxy groups -OCH3 is 1. The molecule has 0 aliphatic heterocycles. The van der Waals surface area contributed by atoms with Gasteiger partial charge < -0.3 is 15.0 Å². The first-order valence-corrected chi connectivity index (χ1v) is 6.64. The molecular formula is C15H14ClN3O. The smallest absolute Gasteiger partial charge is 0.137 e. The van der Waals surface area contributed by atoms with Crippen LogP contribution in [0.1, 0.15) is 5.56 Å². The molecule has 2 aromatic heterocycles. The van der Waals surface area contributed by atoms with Gasteiger partial charge in [0.05, 0.1) is 17.8 Å². The molecule has 0 aliphatic rings. The molecular weight excluding hydrogens is 274 g/mol. The molecule has 0 amide bonds. The quantitative estimate of drug-likeness (QED) is 0.766. The SMILES string of the molecule is COc1ccc(Cl)c(NCc2c[nH]c3ncccc23)c1. The Bertz CT molecular complexity index is 739. The van der Waals surface area contributed by atoms with E-state index in [1.807, 2.05) is 36.5 Å². The Labute approximate surface area is 121 Å². The number of nitrogens with zero attached hydrogens (tertiary/aromatic N) is 1. The van der Waals surface area contributed by atoms with Gasteiger partial charge in [0.1, 0.15) is 11.4 Å². The first-order chi connectivity index (χ1) is 9.78. The molecule has 1 aromatic carbocycles. The van der Waals surface area contributed by atoms with Gasteiger partial charge in [-0.15, -0.1) is 0 Å². The molecule has 0 aliphatic carbocycles.